The van der Waals surface area contributed by atoms with Crippen LogP contribution < -0.4 is 15.0 Å². The third-order valence-corrected chi connectivity index (χ3v) is 5.66. The van der Waals surface area contributed by atoms with Crippen LogP contribution >= 0.6 is 0 Å². The Balaban J connectivity index is 1.39. The molecule has 0 atom stereocenters. The molecule has 0 saturated carbocycles. The normalized spacial score (nSPS) is 13.1. The number of hydrogen-bond acceptors (Lipinski definition) is 3. The molecule has 1 N–H and O–H groups in total. The van der Waals surface area contributed by atoms with E-state index >= 15 is 0 Å². The van der Waals surface area contributed by atoms with Gasteiger partial charge in [-0.25, -0.2) is 0 Å². The number of ether oxygens (including phenoxy) is 1. The van der Waals surface area contributed by atoms with E-state index < -0.39 is 0 Å². The summed E-state index contributed by atoms with van der Waals surface area (Å²) in [6.07, 6.45) is 1.13. The SMILES string of the molecule is CC(C)c1ccc(OCC(=O)Nc2ccc3c(c2)CCC(=O)N3Cc2ccccc2)cc1. The summed E-state index contributed by atoms with van der Waals surface area (Å²) in [7, 11) is 0. The van der Waals surface area contributed by atoms with Crippen molar-refractivity contribution in [3.05, 3.63) is 89.5 Å². The van der Waals surface area contributed by atoms with Gasteiger partial charge in [-0.1, -0.05) is 56.3 Å². The fraction of sp³-hybridized carbons (Fsp3) is 0.259. The summed E-state index contributed by atoms with van der Waals surface area (Å²) in [5.74, 6) is 1.03. The maximum Gasteiger partial charge on any atom is 0.262 e. The van der Waals surface area contributed by atoms with E-state index in [1.54, 1.807) is 0 Å². The highest BCUT2D eigenvalue weighted by Gasteiger charge is 2.24. The molecular formula is C27H28N2O3. The molecule has 3 aromatic rings. The second-order valence-electron chi connectivity index (χ2n) is 8.37. The van der Waals surface area contributed by atoms with Gasteiger partial charge in [-0.05, 0) is 59.4 Å². The average molecular weight is 429 g/mol. The van der Waals surface area contributed by atoms with Crippen molar-refractivity contribution < 1.29 is 14.3 Å². The minimum absolute atomic E-state index is 0.0588. The minimum atomic E-state index is -0.217. The van der Waals surface area contributed by atoms with Crippen LogP contribution in [-0.2, 0) is 22.6 Å². The van der Waals surface area contributed by atoms with Crippen molar-refractivity contribution in [3.63, 3.8) is 0 Å². The molecule has 1 heterocycles. The van der Waals surface area contributed by atoms with Gasteiger partial charge >= 0.3 is 0 Å². The first-order valence-electron chi connectivity index (χ1n) is 11.0. The Morgan fingerprint density at radius 2 is 1.75 bits per heavy atom. The van der Waals surface area contributed by atoms with Gasteiger partial charge in [0.1, 0.15) is 5.75 Å². The maximum absolute atomic E-state index is 12.5. The van der Waals surface area contributed by atoms with E-state index in [0.717, 1.165) is 16.8 Å². The number of fused-ring (bicyclic) bond motifs is 1. The molecule has 0 aliphatic carbocycles. The van der Waals surface area contributed by atoms with Crippen molar-refractivity contribution in [2.75, 3.05) is 16.8 Å². The van der Waals surface area contributed by atoms with E-state index in [-0.39, 0.29) is 18.4 Å². The predicted molar refractivity (Wildman–Crippen MR) is 127 cm³/mol. The fourth-order valence-corrected chi connectivity index (χ4v) is 3.87. The van der Waals surface area contributed by atoms with Gasteiger partial charge in [-0.3, -0.25) is 9.59 Å². The zero-order valence-electron chi connectivity index (χ0n) is 18.5. The third-order valence-electron chi connectivity index (χ3n) is 5.66. The predicted octanol–water partition coefficient (Wildman–Crippen LogP) is 5.31. The molecule has 1 aliphatic heterocycles. The number of nitrogens with zero attached hydrogens (tertiary/aromatic N) is 1. The zero-order chi connectivity index (χ0) is 22.5. The first-order chi connectivity index (χ1) is 15.5. The molecular weight excluding hydrogens is 400 g/mol. The smallest absolute Gasteiger partial charge is 0.262 e. The number of rotatable bonds is 7. The summed E-state index contributed by atoms with van der Waals surface area (Å²) in [5, 5.41) is 2.90. The summed E-state index contributed by atoms with van der Waals surface area (Å²) in [5.41, 5.74) is 5.00. The van der Waals surface area contributed by atoms with Crippen molar-refractivity contribution in [3.8, 4) is 5.75 Å². The average Bonchev–Trinajstić information content (AvgIpc) is 2.80. The molecule has 0 saturated heterocycles. The summed E-state index contributed by atoms with van der Waals surface area (Å²) < 4.78 is 5.62. The quantitative estimate of drug-likeness (QED) is 0.555. The van der Waals surface area contributed by atoms with Crippen molar-refractivity contribution in [1.82, 2.24) is 0 Å². The Labute approximate surface area is 189 Å². The van der Waals surface area contributed by atoms with Gasteiger partial charge in [0.15, 0.2) is 6.61 Å². The molecule has 5 heteroatoms. The molecule has 4 rings (SSSR count). The molecule has 32 heavy (non-hydrogen) atoms. The summed E-state index contributed by atoms with van der Waals surface area (Å²) >= 11 is 0. The topological polar surface area (TPSA) is 58.6 Å². The molecule has 5 nitrogen and oxygen atoms in total. The molecule has 3 aromatic carbocycles. The van der Waals surface area contributed by atoms with Gasteiger partial charge in [0.25, 0.3) is 5.91 Å². The van der Waals surface area contributed by atoms with E-state index in [4.69, 9.17) is 4.74 Å². The summed E-state index contributed by atoms with van der Waals surface area (Å²) in [6.45, 7) is 4.76. The first kappa shape index (κ1) is 21.6. The lowest BCUT2D eigenvalue weighted by atomic mass is 9.99. The molecule has 0 aromatic heterocycles. The fourth-order valence-electron chi connectivity index (χ4n) is 3.87. The highest BCUT2D eigenvalue weighted by Crippen LogP contribution is 2.31. The maximum atomic E-state index is 12.5. The van der Waals surface area contributed by atoms with Gasteiger partial charge in [-0.2, -0.15) is 0 Å². The molecule has 1 aliphatic rings. The zero-order valence-corrected chi connectivity index (χ0v) is 18.5. The van der Waals surface area contributed by atoms with Gasteiger partial charge in [0, 0.05) is 17.8 Å². The molecule has 0 radical (unpaired) electrons. The van der Waals surface area contributed by atoms with Gasteiger partial charge in [-0.15, -0.1) is 0 Å². The van der Waals surface area contributed by atoms with E-state index in [1.165, 1.54) is 5.56 Å². The lowest BCUT2D eigenvalue weighted by Crippen LogP contribution is -2.34. The van der Waals surface area contributed by atoms with E-state index in [1.807, 2.05) is 77.7 Å². The van der Waals surface area contributed by atoms with Crippen LogP contribution in [0.5, 0.6) is 5.75 Å². The lowest BCUT2D eigenvalue weighted by Gasteiger charge is -2.30. The van der Waals surface area contributed by atoms with Crippen molar-refractivity contribution in [2.45, 2.75) is 39.2 Å². The monoisotopic (exact) mass is 428 g/mol. The van der Waals surface area contributed by atoms with Crippen LogP contribution in [-0.4, -0.2) is 18.4 Å². The standard InChI is InChI=1S/C27H28N2O3/c1-19(2)21-8-12-24(13-9-21)32-18-26(30)28-23-11-14-25-22(16-23)10-15-27(31)29(25)17-20-6-4-3-5-7-20/h3-9,11-14,16,19H,10,15,17-18H2,1-2H3,(H,28,30). The van der Waals surface area contributed by atoms with E-state index in [9.17, 15) is 9.59 Å². The molecule has 0 spiro atoms. The van der Waals surface area contributed by atoms with Crippen LogP contribution in [0, 0.1) is 0 Å². The highest BCUT2D eigenvalue weighted by atomic mass is 16.5. The van der Waals surface area contributed by atoms with Crippen LogP contribution in [0.1, 0.15) is 42.9 Å². The van der Waals surface area contributed by atoms with Crippen LogP contribution in [0.4, 0.5) is 11.4 Å². The Morgan fingerprint density at radius 1 is 1.00 bits per heavy atom. The van der Waals surface area contributed by atoms with Gasteiger partial charge in [0.05, 0.1) is 6.54 Å². The van der Waals surface area contributed by atoms with Crippen LogP contribution in [0.2, 0.25) is 0 Å². The molecule has 2 amide bonds. The van der Waals surface area contributed by atoms with Crippen LogP contribution in [0.3, 0.4) is 0 Å². The molecule has 0 bridgehead atoms. The number of carbonyl (C=O) groups is 2. The number of hydrogen-bond donors (Lipinski definition) is 1. The Hall–Kier alpha value is -3.60. The summed E-state index contributed by atoms with van der Waals surface area (Å²) in [4.78, 5) is 26.8. The number of nitrogens with one attached hydrogen (secondary N) is 1. The van der Waals surface area contributed by atoms with E-state index in [2.05, 4.69) is 19.2 Å². The third kappa shape index (κ3) is 5.17. The van der Waals surface area contributed by atoms with Crippen molar-refractivity contribution >= 4 is 23.2 Å². The number of carbonyl (C=O) groups excluding carboxylic acids is 2. The second-order valence-corrected chi connectivity index (χ2v) is 8.37. The number of aryl methyl sites for hydroxylation is 1. The van der Waals surface area contributed by atoms with Crippen LogP contribution in [0.25, 0.3) is 0 Å². The number of anilines is 2. The Morgan fingerprint density at radius 3 is 2.47 bits per heavy atom. The minimum Gasteiger partial charge on any atom is -0.484 e. The molecule has 0 unspecified atom stereocenters. The largest absolute Gasteiger partial charge is 0.484 e. The Bertz CT molecular complexity index is 1090. The van der Waals surface area contributed by atoms with E-state index in [0.29, 0.717) is 36.7 Å². The van der Waals surface area contributed by atoms with Gasteiger partial charge in [0.2, 0.25) is 5.91 Å². The molecule has 164 valence electrons. The van der Waals surface area contributed by atoms with Crippen molar-refractivity contribution in [2.24, 2.45) is 0 Å². The first-order valence-corrected chi connectivity index (χ1v) is 11.0. The Kier molecular flexibility index (Phi) is 6.55. The number of amides is 2. The summed E-state index contributed by atoms with van der Waals surface area (Å²) in [6, 6.07) is 23.5. The van der Waals surface area contributed by atoms with Gasteiger partial charge < -0.3 is 15.0 Å². The lowest BCUT2D eigenvalue weighted by molar-refractivity contribution is -0.119. The highest BCUT2D eigenvalue weighted by molar-refractivity contribution is 5.97. The molecule has 0 fully saturated rings. The van der Waals surface area contributed by atoms with Crippen LogP contribution in [0.15, 0.2) is 72.8 Å². The second kappa shape index (κ2) is 9.69. The van der Waals surface area contributed by atoms with Crippen molar-refractivity contribution in [1.29, 1.82) is 0 Å². The number of benzene rings is 3.